The van der Waals surface area contributed by atoms with Gasteiger partial charge in [0.05, 0.1) is 20.6 Å². The molecule has 1 N–H and O–H groups in total. The molecule has 2 heterocycles. The van der Waals surface area contributed by atoms with E-state index in [1.165, 1.54) is 34.6 Å². The van der Waals surface area contributed by atoms with Gasteiger partial charge in [-0.15, -0.1) is 0 Å². The molecule has 3 aromatic rings. The summed E-state index contributed by atoms with van der Waals surface area (Å²) in [4.78, 5) is 13.7. The van der Waals surface area contributed by atoms with Gasteiger partial charge < -0.3 is 4.42 Å². The smallest absolute Gasteiger partial charge is 0.408 e. The first-order valence-corrected chi connectivity index (χ1v) is 11.8. The summed E-state index contributed by atoms with van der Waals surface area (Å²) in [7, 11) is -7.54. The fourth-order valence-electron chi connectivity index (χ4n) is 3.44. The third kappa shape index (κ3) is 3.61. The van der Waals surface area contributed by atoms with Gasteiger partial charge in [0.15, 0.2) is 15.4 Å². The van der Waals surface area contributed by atoms with Gasteiger partial charge in [0, 0.05) is 13.1 Å². The Balaban J connectivity index is 1.53. The Morgan fingerprint density at radius 2 is 1.59 bits per heavy atom. The molecule has 4 rings (SSSR count). The average Bonchev–Trinajstić information content (AvgIpc) is 3.07. The van der Waals surface area contributed by atoms with Crippen LogP contribution < -0.4 is 5.76 Å². The van der Waals surface area contributed by atoms with E-state index in [0.29, 0.717) is 0 Å². The Kier molecular flexibility index (Phi) is 4.83. The molecule has 8 nitrogen and oxygen atoms in total. The zero-order valence-electron chi connectivity index (χ0n) is 15.0. The largest absolute Gasteiger partial charge is 0.417 e. The molecule has 2 aromatic carbocycles. The van der Waals surface area contributed by atoms with E-state index in [4.69, 9.17) is 4.42 Å². The predicted octanol–water partition coefficient (Wildman–Crippen LogP) is 1.89. The number of sulfonamides is 1. The average molecular weight is 440 g/mol. The number of nitrogens with one attached hydrogen (secondary N) is 1. The lowest BCUT2D eigenvalue weighted by Gasteiger charge is -2.31. The number of nitrogens with zero attached hydrogens (tertiary/aromatic N) is 1. The molecule has 1 fully saturated rings. The second kappa shape index (κ2) is 7.08. The van der Waals surface area contributed by atoms with Gasteiger partial charge in [0.1, 0.15) is 5.82 Å². The Bertz CT molecular complexity index is 1320. The molecule has 0 aliphatic carbocycles. The molecule has 1 saturated heterocycles. The van der Waals surface area contributed by atoms with Crippen LogP contribution in [0.2, 0.25) is 0 Å². The Morgan fingerprint density at radius 1 is 0.966 bits per heavy atom. The van der Waals surface area contributed by atoms with Crippen molar-refractivity contribution in [3.63, 3.8) is 0 Å². The van der Waals surface area contributed by atoms with E-state index < -0.39 is 36.7 Å². The highest BCUT2D eigenvalue weighted by atomic mass is 32.2. The molecule has 0 saturated carbocycles. The molecule has 0 unspecified atom stereocenters. The number of halogens is 1. The zero-order valence-corrected chi connectivity index (χ0v) is 16.7. The summed E-state index contributed by atoms with van der Waals surface area (Å²) < 4.78 is 70.5. The van der Waals surface area contributed by atoms with Gasteiger partial charge in [0.25, 0.3) is 0 Å². The molecular formula is C18H17FN2O6S2. The van der Waals surface area contributed by atoms with E-state index in [0.717, 1.165) is 12.1 Å². The van der Waals surface area contributed by atoms with Crippen molar-refractivity contribution < 1.29 is 25.6 Å². The molecule has 0 amide bonds. The first-order chi connectivity index (χ1) is 13.7. The van der Waals surface area contributed by atoms with Crippen LogP contribution in [0.4, 0.5) is 4.39 Å². The summed E-state index contributed by atoms with van der Waals surface area (Å²) in [6.07, 6.45) is 0.257. The summed E-state index contributed by atoms with van der Waals surface area (Å²) in [5, 5.41) is -0.743. The van der Waals surface area contributed by atoms with Crippen molar-refractivity contribution in [2.24, 2.45) is 0 Å². The lowest BCUT2D eigenvalue weighted by molar-refractivity contribution is 0.345. The van der Waals surface area contributed by atoms with E-state index in [1.54, 1.807) is 0 Å². The summed E-state index contributed by atoms with van der Waals surface area (Å²) in [5.74, 6) is -1.21. The van der Waals surface area contributed by atoms with Crippen LogP contribution in [-0.2, 0) is 19.9 Å². The van der Waals surface area contributed by atoms with Crippen LogP contribution >= 0.6 is 0 Å². The maximum atomic E-state index is 13.1. The summed E-state index contributed by atoms with van der Waals surface area (Å²) in [6.45, 7) is 0.0702. The number of fused-ring (bicyclic) bond motifs is 1. The number of sulfone groups is 1. The molecule has 11 heteroatoms. The van der Waals surface area contributed by atoms with Crippen molar-refractivity contribution in [3.8, 4) is 0 Å². The molecule has 154 valence electrons. The van der Waals surface area contributed by atoms with E-state index in [2.05, 4.69) is 4.98 Å². The molecular weight excluding hydrogens is 423 g/mol. The van der Waals surface area contributed by atoms with Gasteiger partial charge in [-0.2, -0.15) is 4.31 Å². The molecule has 0 spiro atoms. The van der Waals surface area contributed by atoms with Crippen molar-refractivity contribution in [2.75, 3.05) is 13.1 Å². The number of aromatic amines is 1. The van der Waals surface area contributed by atoms with E-state index in [-0.39, 0.29) is 46.8 Å². The van der Waals surface area contributed by atoms with Crippen molar-refractivity contribution in [2.45, 2.75) is 27.9 Å². The van der Waals surface area contributed by atoms with Crippen molar-refractivity contribution in [1.82, 2.24) is 9.29 Å². The standard InChI is InChI=1S/C18H17FN2O6S2/c19-12-1-3-13(4-2-12)28(23,24)14-7-9-21(10-8-14)29(25,26)15-5-6-17-16(11-15)20-18(22)27-17/h1-6,11,14H,7-10H2,(H,20,22). The minimum absolute atomic E-state index is 0.0121. The van der Waals surface area contributed by atoms with Crippen molar-refractivity contribution >= 4 is 31.0 Å². The number of rotatable bonds is 4. The Hall–Kier alpha value is -2.50. The SMILES string of the molecule is O=c1[nH]c2cc(S(=O)(=O)N3CCC(S(=O)(=O)c4ccc(F)cc4)CC3)ccc2o1. The lowest BCUT2D eigenvalue weighted by Crippen LogP contribution is -2.42. The highest BCUT2D eigenvalue weighted by Crippen LogP contribution is 2.28. The number of oxazole rings is 1. The Labute approximate surface area is 165 Å². The van der Waals surface area contributed by atoms with E-state index in [9.17, 15) is 26.0 Å². The number of H-pyrrole nitrogens is 1. The monoisotopic (exact) mass is 440 g/mol. The molecule has 1 aliphatic heterocycles. The van der Waals surface area contributed by atoms with Crippen LogP contribution in [0, 0.1) is 5.82 Å². The van der Waals surface area contributed by atoms with Crippen molar-refractivity contribution in [3.05, 3.63) is 58.8 Å². The van der Waals surface area contributed by atoms with Gasteiger partial charge >= 0.3 is 5.76 Å². The van der Waals surface area contributed by atoms with Crippen LogP contribution in [0.15, 0.2) is 61.5 Å². The lowest BCUT2D eigenvalue weighted by atomic mass is 10.2. The summed E-state index contributed by atoms with van der Waals surface area (Å²) in [5.41, 5.74) is 0.517. The molecule has 29 heavy (non-hydrogen) atoms. The number of aromatic nitrogens is 1. The van der Waals surface area contributed by atoms with Crippen LogP contribution in [0.25, 0.3) is 11.1 Å². The predicted molar refractivity (Wildman–Crippen MR) is 102 cm³/mol. The third-order valence-corrected chi connectivity index (χ3v) is 9.18. The van der Waals surface area contributed by atoms with Gasteiger partial charge in [-0.3, -0.25) is 4.98 Å². The second-order valence-corrected chi connectivity index (χ2v) is 10.9. The number of benzene rings is 2. The maximum absolute atomic E-state index is 13.1. The Morgan fingerprint density at radius 3 is 2.24 bits per heavy atom. The van der Waals surface area contributed by atoms with Gasteiger partial charge in [-0.05, 0) is 55.3 Å². The highest BCUT2D eigenvalue weighted by Gasteiger charge is 2.35. The highest BCUT2D eigenvalue weighted by molar-refractivity contribution is 7.92. The van der Waals surface area contributed by atoms with Crippen LogP contribution in [0.3, 0.4) is 0 Å². The summed E-state index contributed by atoms with van der Waals surface area (Å²) in [6, 6.07) is 8.66. The fraction of sp³-hybridized carbons (Fsp3) is 0.278. The maximum Gasteiger partial charge on any atom is 0.417 e. The molecule has 0 bridgehead atoms. The van der Waals surface area contributed by atoms with Gasteiger partial charge in [-0.1, -0.05) is 0 Å². The zero-order chi connectivity index (χ0) is 20.8. The first kappa shape index (κ1) is 19.8. The fourth-order valence-corrected chi connectivity index (χ4v) is 6.67. The molecule has 0 atom stereocenters. The van der Waals surface area contributed by atoms with E-state index >= 15 is 0 Å². The van der Waals surface area contributed by atoms with Crippen LogP contribution in [0.5, 0.6) is 0 Å². The van der Waals surface area contributed by atoms with E-state index in [1.807, 2.05) is 0 Å². The number of piperidine rings is 1. The number of hydrogen-bond donors (Lipinski definition) is 1. The second-order valence-electron chi connectivity index (χ2n) is 6.77. The molecule has 0 radical (unpaired) electrons. The first-order valence-electron chi connectivity index (χ1n) is 8.80. The normalized spacial score (nSPS) is 17.0. The van der Waals surface area contributed by atoms with Crippen LogP contribution in [-0.4, -0.2) is 44.5 Å². The minimum Gasteiger partial charge on any atom is -0.408 e. The van der Waals surface area contributed by atoms with Crippen molar-refractivity contribution in [1.29, 1.82) is 0 Å². The summed E-state index contributed by atoms with van der Waals surface area (Å²) >= 11 is 0. The number of hydrogen-bond acceptors (Lipinski definition) is 6. The van der Waals surface area contributed by atoms with Gasteiger partial charge in [-0.25, -0.2) is 26.0 Å². The van der Waals surface area contributed by atoms with Gasteiger partial charge in [0.2, 0.25) is 10.0 Å². The molecule has 1 aliphatic rings. The molecule has 1 aromatic heterocycles. The van der Waals surface area contributed by atoms with Crippen LogP contribution in [0.1, 0.15) is 12.8 Å². The minimum atomic E-state index is -3.86. The topological polar surface area (TPSA) is 118 Å². The third-order valence-electron chi connectivity index (χ3n) is 5.01. The quantitative estimate of drug-likeness (QED) is 0.619.